The van der Waals surface area contributed by atoms with Crippen molar-refractivity contribution in [3.05, 3.63) is 11.6 Å². The Balaban J connectivity index is 1.42. The van der Waals surface area contributed by atoms with E-state index in [9.17, 15) is 14.7 Å². The standard InChI is InChI=1S/C32H48O5/c1-18(33)36-24-12-13-29(6)21(28(24,4)5)11-14-30(7)22(29)10-9-19-20-15-27(2,3)25-17-32(20,26(35)37-25)23(34)16-31(19,30)8/h9,20-25,34H,10-17H2,1-8H3/t20-,21+,22-,23+,24-,25-,29-,30+,31+,32+/m0/s1. The van der Waals surface area contributed by atoms with Gasteiger partial charge in [-0.1, -0.05) is 60.1 Å². The van der Waals surface area contributed by atoms with Gasteiger partial charge in [0.15, 0.2) is 0 Å². The molecule has 37 heavy (non-hydrogen) atoms. The summed E-state index contributed by atoms with van der Waals surface area (Å²) in [5, 5.41) is 11.9. The van der Waals surface area contributed by atoms with Crippen molar-refractivity contribution in [2.75, 3.05) is 0 Å². The lowest BCUT2D eigenvalue weighted by Crippen LogP contribution is -2.67. The highest BCUT2D eigenvalue weighted by molar-refractivity contribution is 5.82. The number of ether oxygens (including phenoxy) is 2. The number of esters is 2. The maximum Gasteiger partial charge on any atom is 0.315 e. The molecule has 0 aromatic heterocycles. The first-order chi connectivity index (χ1) is 17.0. The third kappa shape index (κ3) is 2.96. The zero-order valence-corrected chi connectivity index (χ0v) is 24.3. The van der Waals surface area contributed by atoms with Gasteiger partial charge in [-0.2, -0.15) is 0 Å². The number of aliphatic hydroxyl groups is 1. The molecule has 6 aliphatic rings. The monoisotopic (exact) mass is 512 g/mol. The van der Waals surface area contributed by atoms with E-state index >= 15 is 0 Å². The van der Waals surface area contributed by atoms with Crippen molar-refractivity contribution in [2.24, 2.45) is 50.2 Å². The summed E-state index contributed by atoms with van der Waals surface area (Å²) < 4.78 is 11.8. The van der Waals surface area contributed by atoms with Crippen molar-refractivity contribution in [1.82, 2.24) is 0 Å². The molecule has 206 valence electrons. The SMILES string of the molecule is CC(=O)O[C@H]1CC[C@@]2(C)[C@H](CC[C@]3(C)[C@H]2CC=C2[C@@H]4CC(C)(C)[C@@H]5C[C@]4(C(=O)O5)[C@H](O)C[C@]23C)C1(C)C. The number of hydrogen-bond donors (Lipinski definition) is 1. The third-order valence-electron chi connectivity index (χ3n) is 13.7. The summed E-state index contributed by atoms with van der Waals surface area (Å²) in [6.45, 7) is 18.1. The molecule has 5 heteroatoms. The first-order valence-corrected chi connectivity index (χ1v) is 14.8. The zero-order valence-electron chi connectivity index (χ0n) is 24.3. The van der Waals surface area contributed by atoms with Gasteiger partial charge < -0.3 is 14.6 Å². The van der Waals surface area contributed by atoms with Crippen molar-refractivity contribution in [2.45, 2.75) is 125 Å². The Morgan fingerprint density at radius 2 is 1.70 bits per heavy atom. The molecule has 4 saturated carbocycles. The van der Waals surface area contributed by atoms with Gasteiger partial charge in [0.2, 0.25) is 0 Å². The predicted molar refractivity (Wildman–Crippen MR) is 141 cm³/mol. The zero-order chi connectivity index (χ0) is 27.0. The summed E-state index contributed by atoms with van der Waals surface area (Å²) >= 11 is 0. The Morgan fingerprint density at radius 1 is 1.00 bits per heavy atom. The summed E-state index contributed by atoms with van der Waals surface area (Å²) in [5.41, 5.74) is 0.551. The van der Waals surface area contributed by atoms with Crippen molar-refractivity contribution < 1.29 is 24.2 Å². The van der Waals surface area contributed by atoms with Gasteiger partial charge in [-0.05, 0) is 78.9 Å². The molecular formula is C32H48O5. The molecule has 0 aromatic rings. The quantitative estimate of drug-likeness (QED) is 0.333. The van der Waals surface area contributed by atoms with Gasteiger partial charge in [0.25, 0.3) is 0 Å². The number of hydrogen-bond acceptors (Lipinski definition) is 5. The van der Waals surface area contributed by atoms with Crippen LogP contribution in [0.25, 0.3) is 0 Å². The number of fused-ring (bicyclic) bond motifs is 7. The van der Waals surface area contributed by atoms with Gasteiger partial charge >= 0.3 is 11.9 Å². The Kier molecular flexibility index (Phi) is 5.20. The van der Waals surface area contributed by atoms with E-state index in [1.807, 2.05) is 0 Å². The smallest absolute Gasteiger partial charge is 0.315 e. The van der Waals surface area contributed by atoms with Crippen molar-refractivity contribution >= 4 is 11.9 Å². The molecule has 10 atom stereocenters. The van der Waals surface area contributed by atoms with E-state index in [-0.39, 0.29) is 57.1 Å². The second-order valence-corrected chi connectivity index (χ2v) is 15.9. The van der Waals surface area contributed by atoms with Crippen LogP contribution in [0.4, 0.5) is 0 Å². The lowest BCUT2D eigenvalue weighted by atomic mass is 9.33. The fourth-order valence-electron chi connectivity index (χ4n) is 11.5. The van der Waals surface area contributed by atoms with Crippen LogP contribution < -0.4 is 0 Å². The van der Waals surface area contributed by atoms with Crippen LogP contribution in [0.2, 0.25) is 0 Å². The fraction of sp³-hybridized carbons (Fsp3) is 0.875. The number of carbonyl (C=O) groups is 2. The normalized spacial score (nSPS) is 53.0. The summed E-state index contributed by atoms with van der Waals surface area (Å²) in [4.78, 5) is 25.3. The first-order valence-electron chi connectivity index (χ1n) is 14.8. The van der Waals surface area contributed by atoms with E-state index in [1.165, 1.54) is 12.5 Å². The van der Waals surface area contributed by atoms with E-state index in [0.717, 1.165) is 38.5 Å². The Morgan fingerprint density at radius 3 is 2.38 bits per heavy atom. The second-order valence-electron chi connectivity index (χ2n) is 15.9. The van der Waals surface area contributed by atoms with Gasteiger partial charge in [0.05, 0.1) is 6.10 Å². The molecule has 1 spiro atoms. The molecule has 1 saturated heterocycles. The molecule has 5 nitrogen and oxygen atoms in total. The van der Waals surface area contributed by atoms with E-state index in [4.69, 9.17) is 9.47 Å². The molecule has 5 fully saturated rings. The molecule has 1 heterocycles. The molecule has 5 aliphatic carbocycles. The van der Waals surface area contributed by atoms with E-state index in [1.54, 1.807) is 0 Å². The summed E-state index contributed by atoms with van der Waals surface area (Å²) in [5.74, 6) is 0.701. The van der Waals surface area contributed by atoms with Crippen LogP contribution in [0.5, 0.6) is 0 Å². The highest BCUT2D eigenvalue weighted by Crippen LogP contribution is 2.76. The van der Waals surface area contributed by atoms with Gasteiger partial charge in [0, 0.05) is 24.2 Å². The number of rotatable bonds is 1. The highest BCUT2D eigenvalue weighted by atomic mass is 16.6. The Labute approximate surface area is 223 Å². The van der Waals surface area contributed by atoms with Crippen LogP contribution in [-0.2, 0) is 19.1 Å². The van der Waals surface area contributed by atoms with Crippen LogP contribution >= 0.6 is 0 Å². The maximum absolute atomic E-state index is 13.4. The summed E-state index contributed by atoms with van der Waals surface area (Å²) in [7, 11) is 0. The third-order valence-corrected chi connectivity index (χ3v) is 13.7. The van der Waals surface area contributed by atoms with Gasteiger partial charge in [0.1, 0.15) is 17.6 Å². The lowest BCUT2D eigenvalue weighted by Gasteiger charge is -2.71. The van der Waals surface area contributed by atoms with Crippen molar-refractivity contribution in [3.8, 4) is 0 Å². The number of allylic oxidation sites excluding steroid dienone is 2. The minimum Gasteiger partial charge on any atom is -0.462 e. The molecule has 2 bridgehead atoms. The Bertz CT molecular complexity index is 1070. The van der Waals surface area contributed by atoms with E-state index in [0.29, 0.717) is 24.7 Å². The molecular weight excluding hydrogens is 464 g/mol. The molecule has 0 amide bonds. The van der Waals surface area contributed by atoms with Crippen molar-refractivity contribution in [3.63, 3.8) is 0 Å². The average molecular weight is 513 g/mol. The van der Waals surface area contributed by atoms with Crippen LogP contribution in [0.1, 0.15) is 107 Å². The lowest BCUT2D eigenvalue weighted by molar-refractivity contribution is -0.218. The minimum absolute atomic E-state index is 0.0279. The van der Waals surface area contributed by atoms with E-state index in [2.05, 4.69) is 54.5 Å². The molecule has 1 N–H and O–H groups in total. The van der Waals surface area contributed by atoms with Gasteiger partial charge in [-0.25, -0.2) is 0 Å². The highest BCUT2D eigenvalue weighted by Gasteiger charge is 2.74. The molecule has 1 aliphatic heterocycles. The summed E-state index contributed by atoms with van der Waals surface area (Å²) in [6, 6.07) is 0. The topological polar surface area (TPSA) is 72.8 Å². The van der Waals surface area contributed by atoms with Crippen LogP contribution in [0, 0.1) is 50.2 Å². The largest absolute Gasteiger partial charge is 0.462 e. The summed E-state index contributed by atoms with van der Waals surface area (Å²) in [6.07, 6.45) is 9.16. The maximum atomic E-state index is 13.4. The average Bonchev–Trinajstić information content (AvgIpc) is 3.09. The van der Waals surface area contributed by atoms with Gasteiger partial charge in [-0.3, -0.25) is 9.59 Å². The Hall–Kier alpha value is -1.36. The minimum atomic E-state index is -0.764. The predicted octanol–water partition coefficient (Wildman–Crippen LogP) is 6.23. The molecule has 0 radical (unpaired) electrons. The van der Waals surface area contributed by atoms with E-state index < -0.39 is 11.5 Å². The van der Waals surface area contributed by atoms with Crippen LogP contribution in [0.15, 0.2) is 11.6 Å². The number of carbonyl (C=O) groups excluding carboxylic acids is 2. The molecule has 6 rings (SSSR count). The molecule has 0 unspecified atom stereocenters. The van der Waals surface area contributed by atoms with Crippen LogP contribution in [-0.4, -0.2) is 35.4 Å². The second kappa shape index (κ2) is 7.43. The fourth-order valence-corrected chi connectivity index (χ4v) is 11.5. The van der Waals surface area contributed by atoms with Gasteiger partial charge in [-0.15, -0.1) is 0 Å². The number of aliphatic hydroxyl groups excluding tert-OH is 1. The first kappa shape index (κ1) is 25.9. The molecule has 0 aromatic carbocycles. The van der Waals surface area contributed by atoms with Crippen LogP contribution in [0.3, 0.4) is 0 Å². The van der Waals surface area contributed by atoms with Crippen molar-refractivity contribution in [1.29, 1.82) is 0 Å².